The van der Waals surface area contributed by atoms with Crippen LogP contribution < -0.4 is 47.9 Å². The number of rotatable bonds is 52. The molecule has 0 saturated carbocycles. The SMILES string of the molecule is CC(=O)NC1C(OCCOCCNC(=O)C(CCC(=O)NCCOCCOC2O[C@H](CO)C(O)C(O)C2NC(C)=O)NC(=O)CCC(NC(=O)CCCCCCCCCNC(=O)C2CC(OC(C)C)C(CO)O2)C(=O)NCCOCCOC2OCC(O)(CCO)C(O)C2NC(C)=O)OC(CO)C(O)C1O. The zero-order valence-electron chi connectivity index (χ0n) is 60.7. The van der Waals surface area contributed by atoms with Crippen molar-refractivity contribution in [1.29, 1.82) is 0 Å². The Balaban J connectivity index is 1.33. The molecule has 0 bridgehead atoms. The Kier molecular flexibility index (Phi) is 43.8. The lowest BCUT2D eigenvalue weighted by molar-refractivity contribution is -0.272. The van der Waals surface area contributed by atoms with Gasteiger partial charge in [-0.3, -0.25) is 43.2 Å². The summed E-state index contributed by atoms with van der Waals surface area (Å²) >= 11 is 0. The van der Waals surface area contributed by atoms with Gasteiger partial charge >= 0.3 is 0 Å². The number of carbonyl (C=O) groups excluding carboxylic acids is 9. The number of ether oxygens (including phenoxy) is 11. The first-order chi connectivity index (χ1) is 50.2. The number of amides is 9. The molecule has 4 saturated heterocycles. The van der Waals surface area contributed by atoms with Crippen molar-refractivity contribution in [3.05, 3.63) is 0 Å². The van der Waals surface area contributed by atoms with Gasteiger partial charge in [0.25, 0.3) is 0 Å². The van der Waals surface area contributed by atoms with E-state index >= 15 is 0 Å². The molecule has 4 heterocycles. The Morgan fingerprint density at radius 3 is 1.38 bits per heavy atom. The van der Waals surface area contributed by atoms with E-state index < -0.39 is 190 Å². The molecule has 4 fully saturated rings. The van der Waals surface area contributed by atoms with Crippen LogP contribution in [0.3, 0.4) is 0 Å². The van der Waals surface area contributed by atoms with E-state index in [1.165, 1.54) is 20.8 Å². The Morgan fingerprint density at radius 1 is 0.476 bits per heavy atom. The van der Waals surface area contributed by atoms with Gasteiger partial charge in [0.1, 0.15) is 90.7 Å². The highest BCUT2D eigenvalue weighted by atomic mass is 16.7. The zero-order valence-corrected chi connectivity index (χ0v) is 60.7. The molecule has 0 aromatic rings. The van der Waals surface area contributed by atoms with Gasteiger partial charge in [0, 0.05) is 85.7 Å². The molecule has 0 spiro atoms. The number of hydrogen-bond acceptors (Lipinski definition) is 30. The summed E-state index contributed by atoms with van der Waals surface area (Å²) in [5.41, 5.74) is -1.86. The molecule has 0 aromatic carbocycles. The molecule has 105 heavy (non-hydrogen) atoms. The maximum absolute atomic E-state index is 13.8. The van der Waals surface area contributed by atoms with Crippen LogP contribution in [0.1, 0.15) is 125 Å². The average molecular weight is 1520 g/mol. The minimum atomic E-state index is -1.86. The van der Waals surface area contributed by atoms with Crippen LogP contribution in [0.25, 0.3) is 0 Å². The normalized spacial score (nSPS) is 28.0. The van der Waals surface area contributed by atoms with Crippen LogP contribution in [-0.2, 0) is 95.3 Å². The first kappa shape index (κ1) is 91.8. The van der Waals surface area contributed by atoms with E-state index in [0.717, 1.165) is 32.1 Å². The molecule has 4 rings (SSSR count). The Bertz CT molecular complexity index is 2590. The molecular weight excluding hydrogens is 1400 g/mol. The van der Waals surface area contributed by atoms with E-state index in [2.05, 4.69) is 47.9 Å². The summed E-state index contributed by atoms with van der Waals surface area (Å²) in [6.45, 7) is 4.21. The number of aliphatic hydroxyl groups excluding tert-OH is 9. The van der Waals surface area contributed by atoms with Crippen LogP contribution in [-0.4, -0.2) is 345 Å². The second-order valence-corrected chi connectivity index (χ2v) is 26.3. The van der Waals surface area contributed by atoms with Crippen molar-refractivity contribution in [1.82, 2.24) is 47.9 Å². The van der Waals surface area contributed by atoms with Gasteiger partial charge in [0.2, 0.25) is 53.2 Å². The summed E-state index contributed by atoms with van der Waals surface area (Å²) in [6, 6.07) is -6.18. The van der Waals surface area contributed by atoms with Crippen molar-refractivity contribution in [2.45, 2.75) is 246 Å². The van der Waals surface area contributed by atoms with Crippen LogP contribution in [0, 0.1) is 0 Å². The molecule has 606 valence electrons. The lowest BCUT2D eigenvalue weighted by Gasteiger charge is -2.45. The first-order valence-corrected chi connectivity index (χ1v) is 36.0. The fourth-order valence-corrected chi connectivity index (χ4v) is 11.9. The maximum Gasteiger partial charge on any atom is 0.249 e. The summed E-state index contributed by atoms with van der Waals surface area (Å²) in [6.07, 6.45) is -11.4. The first-order valence-electron chi connectivity index (χ1n) is 36.0. The zero-order chi connectivity index (χ0) is 77.4. The smallest absolute Gasteiger partial charge is 0.249 e. The van der Waals surface area contributed by atoms with Crippen molar-refractivity contribution >= 4 is 53.2 Å². The topological polar surface area (TPSA) is 566 Å². The van der Waals surface area contributed by atoms with Crippen LogP contribution in [0.5, 0.6) is 0 Å². The highest BCUT2D eigenvalue weighted by Gasteiger charge is 2.50. The molecule has 4 aliphatic rings. The molecule has 18 unspecified atom stereocenters. The molecule has 19 N–H and O–H groups in total. The van der Waals surface area contributed by atoms with E-state index in [0.29, 0.717) is 25.8 Å². The molecule has 39 heteroatoms. The molecule has 0 aromatic heterocycles. The van der Waals surface area contributed by atoms with Crippen molar-refractivity contribution in [2.24, 2.45) is 0 Å². The third-order valence-electron chi connectivity index (χ3n) is 17.4. The van der Waals surface area contributed by atoms with Crippen molar-refractivity contribution in [3.8, 4) is 0 Å². The van der Waals surface area contributed by atoms with E-state index in [1.807, 2.05) is 13.8 Å². The number of nitrogens with one attached hydrogen (secondary N) is 9. The molecule has 0 aliphatic carbocycles. The third kappa shape index (κ3) is 33.4. The second kappa shape index (κ2) is 50.2. The summed E-state index contributed by atoms with van der Waals surface area (Å²) < 4.78 is 62.0. The average Bonchev–Trinajstić information content (AvgIpc) is 1.52. The van der Waals surface area contributed by atoms with Crippen LogP contribution >= 0.6 is 0 Å². The number of unbranched alkanes of at least 4 members (excludes halogenated alkanes) is 6. The van der Waals surface area contributed by atoms with Crippen LogP contribution in [0.4, 0.5) is 0 Å². The van der Waals surface area contributed by atoms with Gasteiger partial charge in [-0.15, -0.1) is 0 Å². The fraction of sp³-hybridized carbons (Fsp3) is 0.864. The third-order valence-corrected chi connectivity index (χ3v) is 17.4. The molecule has 19 atom stereocenters. The minimum Gasteiger partial charge on any atom is -0.396 e. The molecule has 39 nitrogen and oxygen atoms in total. The molecule has 0 radical (unpaired) electrons. The van der Waals surface area contributed by atoms with E-state index in [9.17, 15) is 94.2 Å². The number of carbonyl (C=O) groups is 9. The van der Waals surface area contributed by atoms with E-state index in [1.54, 1.807) is 0 Å². The van der Waals surface area contributed by atoms with Gasteiger partial charge in [-0.1, -0.05) is 32.1 Å². The lowest BCUT2D eigenvalue weighted by Crippen LogP contribution is -2.66. The predicted octanol–water partition coefficient (Wildman–Crippen LogP) is -7.63. The monoisotopic (exact) mass is 1520 g/mol. The van der Waals surface area contributed by atoms with Crippen molar-refractivity contribution < 1.29 is 146 Å². The number of hydrogen-bond donors (Lipinski definition) is 19. The fourth-order valence-electron chi connectivity index (χ4n) is 11.9. The minimum absolute atomic E-state index is 0.0229. The van der Waals surface area contributed by atoms with E-state index in [-0.39, 0.29) is 136 Å². The summed E-state index contributed by atoms with van der Waals surface area (Å²) in [5, 5.41) is 125. The Morgan fingerprint density at radius 2 is 0.914 bits per heavy atom. The Labute approximate surface area is 610 Å². The Hall–Kier alpha value is -5.61. The van der Waals surface area contributed by atoms with Gasteiger partial charge in [0.05, 0.1) is 98.1 Å². The largest absolute Gasteiger partial charge is 0.396 e. The summed E-state index contributed by atoms with van der Waals surface area (Å²) in [7, 11) is 0. The summed E-state index contributed by atoms with van der Waals surface area (Å²) in [5.74, 6) is -5.07. The quantitative estimate of drug-likeness (QED) is 0.0252. The molecule has 4 aliphatic heterocycles. The van der Waals surface area contributed by atoms with E-state index in [4.69, 9.17) is 52.1 Å². The van der Waals surface area contributed by atoms with Gasteiger partial charge in [-0.25, -0.2) is 0 Å². The highest BCUT2D eigenvalue weighted by Crippen LogP contribution is 2.29. The standard InChI is InChI=1S/C66H117N9O30/c1-38(2)102-44-33-45(103-46(44)34-77)62(93)68-19-12-10-8-6-7-9-11-13-50(84)74-43(61(92)70-21-25-96-27-30-98-63-54(73-41(5)82)59(90)66(94,18-23-76)37-101-63)15-17-51(85)75-42(60(91)69-22-26-97-29-32-100-65-53(72-40(4)81)58(89)56(87)48(36-79)105-65)14-16-49(83)67-20-24-95-28-31-99-64-52(71-39(3)80)57(88)55(86)47(35-78)104-64/h38,42-48,52-59,63-65,76-79,86-90,94H,6-37H2,1-5H3,(H,67,83)(H,68,93)(H,69,91)(H,70,92)(H,71,80)(H,72,81)(H,73,82)(H,74,84)(H,75,85)/t42?,43?,44?,45?,46?,47-,48?,52?,53?,54?,55?,56?,57?,58?,59?,63?,64?,65?,66?/m1/s1. The molecule has 9 amide bonds. The van der Waals surface area contributed by atoms with Gasteiger partial charge in [0.15, 0.2) is 18.9 Å². The van der Waals surface area contributed by atoms with Gasteiger partial charge < -0.3 is 151 Å². The number of aliphatic hydroxyl groups is 10. The highest BCUT2D eigenvalue weighted by molar-refractivity contribution is 5.90. The van der Waals surface area contributed by atoms with Gasteiger partial charge in [-0.2, -0.15) is 0 Å². The van der Waals surface area contributed by atoms with Crippen molar-refractivity contribution in [2.75, 3.05) is 119 Å². The predicted molar refractivity (Wildman–Crippen MR) is 363 cm³/mol. The van der Waals surface area contributed by atoms with Crippen LogP contribution in [0.15, 0.2) is 0 Å². The molecular formula is C66H117N9O30. The summed E-state index contributed by atoms with van der Waals surface area (Å²) in [4.78, 5) is 116. The van der Waals surface area contributed by atoms with Crippen LogP contribution in [0.2, 0.25) is 0 Å². The van der Waals surface area contributed by atoms with Crippen molar-refractivity contribution in [3.63, 3.8) is 0 Å². The second-order valence-electron chi connectivity index (χ2n) is 26.3. The maximum atomic E-state index is 13.8. The lowest BCUT2D eigenvalue weighted by atomic mass is 9.86. The van der Waals surface area contributed by atoms with Gasteiger partial charge in [-0.05, 0) is 39.5 Å².